The Morgan fingerprint density at radius 1 is 1.32 bits per heavy atom. The lowest BCUT2D eigenvalue weighted by Crippen LogP contribution is -2.28. The molecule has 0 spiro atoms. The van der Waals surface area contributed by atoms with E-state index in [1.165, 1.54) is 7.11 Å². The molecule has 2 rings (SSSR count). The van der Waals surface area contributed by atoms with E-state index in [2.05, 4.69) is 15.6 Å². The topological polar surface area (TPSA) is 63.2 Å². The predicted molar refractivity (Wildman–Crippen MR) is 89.8 cm³/mol. The van der Waals surface area contributed by atoms with Crippen LogP contribution >= 0.6 is 12.2 Å². The summed E-state index contributed by atoms with van der Waals surface area (Å²) in [6.45, 7) is 2.47. The number of thiocarbonyl (C=S) groups is 1. The lowest BCUT2D eigenvalue weighted by Gasteiger charge is -2.13. The van der Waals surface area contributed by atoms with Gasteiger partial charge < -0.3 is 15.4 Å². The van der Waals surface area contributed by atoms with Crippen LogP contribution in [0.15, 0.2) is 42.6 Å². The fraction of sp³-hybridized carbons (Fsp3) is 0.188. The maximum Gasteiger partial charge on any atom is 0.337 e. The van der Waals surface area contributed by atoms with Gasteiger partial charge in [-0.25, -0.2) is 4.79 Å². The number of ether oxygens (including phenoxy) is 1. The smallest absolute Gasteiger partial charge is 0.337 e. The Balaban J connectivity index is 2.00. The number of carbonyl (C=O) groups excluding carboxylic acids is 1. The molecule has 22 heavy (non-hydrogen) atoms. The molecule has 0 aliphatic rings. The van der Waals surface area contributed by atoms with Crippen molar-refractivity contribution in [1.82, 2.24) is 10.3 Å². The molecular formula is C16H17N3O2S. The van der Waals surface area contributed by atoms with Crippen LogP contribution in [0.3, 0.4) is 0 Å². The summed E-state index contributed by atoms with van der Waals surface area (Å²) in [5.41, 5.74) is 3.12. The van der Waals surface area contributed by atoms with Crippen molar-refractivity contribution < 1.29 is 9.53 Å². The molecule has 0 unspecified atom stereocenters. The maximum atomic E-state index is 11.6. The number of aromatic nitrogens is 1. The Bertz CT molecular complexity index is 674. The van der Waals surface area contributed by atoms with Crippen LogP contribution in [-0.4, -0.2) is 23.2 Å². The second-order valence-corrected chi connectivity index (χ2v) is 5.06. The van der Waals surface area contributed by atoms with Crippen molar-refractivity contribution in [3.63, 3.8) is 0 Å². The van der Waals surface area contributed by atoms with Gasteiger partial charge in [-0.1, -0.05) is 12.1 Å². The molecule has 0 atom stereocenters. The Hall–Kier alpha value is -2.47. The Labute approximate surface area is 134 Å². The molecule has 1 heterocycles. The third-order valence-electron chi connectivity index (χ3n) is 3.06. The zero-order valence-electron chi connectivity index (χ0n) is 12.4. The van der Waals surface area contributed by atoms with Gasteiger partial charge in [0.15, 0.2) is 5.11 Å². The van der Waals surface area contributed by atoms with Gasteiger partial charge in [0, 0.05) is 11.9 Å². The molecule has 0 radical (unpaired) electrons. The Kier molecular flexibility index (Phi) is 5.43. The zero-order valence-corrected chi connectivity index (χ0v) is 13.2. The second-order valence-electron chi connectivity index (χ2n) is 4.65. The summed E-state index contributed by atoms with van der Waals surface area (Å²) in [5.74, 6) is -0.379. The minimum absolute atomic E-state index is 0.379. The summed E-state index contributed by atoms with van der Waals surface area (Å²) in [4.78, 5) is 15.8. The molecule has 6 heteroatoms. The fourth-order valence-corrected chi connectivity index (χ4v) is 2.02. The number of methoxy groups -OCH3 is 1. The minimum atomic E-state index is -0.379. The van der Waals surface area contributed by atoms with Gasteiger partial charge in [-0.3, -0.25) is 4.98 Å². The maximum absolute atomic E-state index is 11.6. The van der Waals surface area contributed by atoms with E-state index in [1.54, 1.807) is 18.3 Å². The van der Waals surface area contributed by atoms with E-state index >= 15 is 0 Å². The molecule has 2 N–H and O–H groups in total. The van der Waals surface area contributed by atoms with Crippen molar-refractivity contribution in [3.8, 4) is 0 Å². The largest absolute Gasteiger partial charge is 0.465 e. The number of carbonyl (C=O) groups is 1. The van der Waals surface area contributed by atoms with Crippen molar-refractivity contribution in [3.05, 3.63) is 59.4 Å². The minimum Gasteiger partial charge on any atom is -0.465 e. The van der Waals surface area contributed by atoms with Gasteiger partial charge >= 0.3 is 5.97 Å². The number of benzene rings is 1. The fourth-order valence-electron chi connectivity index (χ4n) is 1.84. The van der Waals surface area contributed by atoms with Crippen LogP contribution in [0.5, 0.6) is 0 Å². The highest BCUT2D eigenvalue weighted by atomic mass is 32.1. The van der Waals surface area contributed by atoms with Crippen LogP contribution < -0.4 is 10.6 Å². The van der Waals surface area contributed by atoms with E-state index in [0.717, 1.165) is 16.9 Å². The van der Waals surface area contributed by atoms with Crippen LogP contribution in [0, 0.1) is 6.92 Å². The first-order chi connectivity index (χ1) is 10.6. The van der Waals surface area contributed by atoms with Gasteiger partial charge in [-0.2, -0.15) is 0 Å². The highest BCUT2D eigenvalue weighted by Gasteiger charge is 2.09. The van der Waals surface area contributed by atoms with Crippen molar-refractivity contribution >= 4 is 29.0 Å². The number of esters is 1. The van der Waals surface area contributed by atoms with Gasteiger partial charge in [-0.15, -0.1) is 0 Å². The first-order valence-electron chi connectivity index (χ1n) is 6.74. The predicted octanol–water partition coefficient (Wildman–Crippen LogP) is 2.66. The number of nitrogens with one attached hydrogen (secondary N) is 2. The summed E-state index contributed by atoms with van der Waals surface area (Å²) in [7, 11) is 1.36. The normalized spacial score (nSPS) is 9.91. The number of nitrogens with zero attached hydrogens (tertiary/aromatic N) is 1. The lowest BCUT2D eigenvalue weighted by atomic mass is 10.1. The SMILES string of the molecule is COC(=O)c1ccc(C)c(NC(=S)NCc2ccccn2)c1. The van der Waals surface area contributed by atoms with Crippen molar-refractivity contribution in [1.29, 1.82) is 0 Å². The van der Waals surface area contributed by atoms with E-state index in [-0.39, 0.29) is 5.97 Å². The third-order valence-corrected chi connectivity index (χ3v) is 3.31. The number of rotatable bonds is 4. The van der Waals surface area contributed by atoms with E-state index in [9.17, 15) is 4.79 Å². The Morgan fingerprint density at radius 2 is 2.14 bits per heavy atom. The van der Waals surface area contributed by atoms with E-state index < -0.39 is 0 Å². The average molecular weight is 315 g/mol. The highest BCUT2D eigenvalue weighted by Crippen LogP contribution is 2.17. The quantitative estimate of drug-likeness (QED) is 0.668. The van der Waals surface area contributed by atoms with Gasteiger partial charge in [0.2, 0.25) is 0 Å². The first kappa shape index (κ1) is 15.9. The van der Waals surface area contributed by atoms with E-state index in [4.69, 9.17) is 17.0 Å². The molecule has 0 saturated heterocycles. The number of hydrogen-bond donors (Lipinski definition) is 2. The third kappa shape index (κ3) is 4.26. The average Bonchev–Trinajstić information content (AvgIpc) is 2.55. The van der Waals surface area contributed by atoms with Crippen LogP contribution in [-0.2, 0) is 11.3 Å². The number of hydrogen-bond acceptors (Lipinski definition) is 4. The summed E-state index contributed by atoms with van der Waals surface area (Å²) >= 11 is 5.27. The molecular weight excluding hydrogens is 298 g/mol. The second kappa shape index (κ2) is 7.51. The molecule has 1 aromatic carbocycles. The summed E-state index contributed by atoms with van der Waals surface area (Å²) in [6, 6.07) is 11.0. The van der Waals surface area contributed by atoms with Gasteiger partial charge in [0.25, 0.3) is 0 Å². The monoisotopic (exact) mass is 315 g/mol. The van der Waals surface area contributed by atoms with E-state index in [0.29, 0.717) is 17.2 Å². The molecule has 5 nitrogen and oxygen atoms in total. The summed E-state index contributed by atoms with van der Waals surface area (Å²) in [6.07, 6.45) is 1.73. The molecule has 0 aliphatic carbocycles. The van der Waals surface area contributed by atoms with Crippen molar-refractivity contribution in [2.24, 2.45) is 0 Å². The molecule has 114 valence electrons. The molecule has 0 saturated carbocycles. The van der Waals surface area contributed by atoms with Gasteiger partial charge in [-0.05, 0) is 49.0 Å². The van der Waals surface area contributed by atoms with Crippen molar-refractivity contribution in [2.45, 2.75) is 13.5 Å². The van der Waals surface area contributed by atoms with Gasteiger partial charge in [0.1, 0.15) is 0 Å². The highest BCUT2D eigenvalue weighted by molar-refractivity contribution is 7.80. The Morgan fingerprint density at radius 3 is 2.82 bits per heavy atom. The molecule has 0 amide bonds. The molecule has 2 aromatic rings. The van der Waals surface area contributed by atoms with E-state index in [1.807, 2.05) is 31.2 Å². The van der Waals surface area contributed by atoms with Gasteiger partial charge in [0.05, 0.1) is 24.9 Å². The van der Waals surface area contributed by atoms with Crippen LogP contribution in [0.1, 0.15) is 21.6 Å². The van der Waals surface area contributed by atoms with Crippen molar-refractivity contribution in [2.75, 3.05) is 12.4 Å². The molecule has 1 aromatic heterocycles. The molecule has 0 fully saturated rings. The summed E-state index contributed by atoms with van der Waals surface area (Å²) < 4.78 is 4.72. The molecule has 0 bridgehead atoms. The van der Waals surface area contributed by atoms with Crippen LogP contribution in [0.4, 0.5) is 5.69 Å². The number of pyridine rings is 1. The van der Waals surface area contributed by atoms with Crippen LogP contribution in [0.25, 0.3) is 0 Å². The molecule has 0 aliphatic heterocycles. The number of anilines is 1. The lowest BCUT2D eigenvalue weighted by molar-refractivity contribution is 0.0601. The standard InChI is InChI=1S/C16H17N3O2S/c1-11-6-7-12(15(20)21-2)9-14(11)19-16(22)18-10-13-5-3-4-8-17-13/h3-9H,10H2,1-2H3,(H2,18,19,22). The zero-order chi connectivity index (χ0) is 15.9. The number of aryl methyl sites for hydroxylation is 1. The first-order valence-corrected chi connectivity index (χ1v) is 7.14. The summed E-state index contributed by atoms with van der Waals surface area (Å²) in [5, 5.41) is 6.63. The van der Waals surface area contributed by atoms with Crippen LogP contribution in [0.2, 0.25) is 0 Å².